The molecule has 1 aliphatic rings. The summed E-state index contributed by atoms with van der Waals surface area (Å²) in [4.78, 5) is 25.2. The molecule has 6 rings (SSSR count). The number of aliphatic hydroxyl groups is 1. The third kappa shape index (κ3) is 4.75. The fourth-order valence-electron chi connectivity index (χ4n) is 5.26. The molecule has 0 aliphatic carbocycles. The van der Waals surface area contributed by atoms with Crippen molar-refractivity contribution in [1.29, 1.82) is 0 Å². The van der Waals surface area contributed by atoms with Crippen molar-refractivity contribution in [3.05, 3.63) is 112 Å². The highest BCUT2D eigenvalue weighted by Crippen LogP contribution is 2.41. The number of carboxylic acids is 1. The minimum Gasteiger partial charge on any atom is -0.480 e. The first-order valence-corrected chi connectivity index (χ1v) is 13.7. The Balaban J connectivity index is 1.47. The number of aliphatic carboxylic acids is 1. The highest BCUT2D eigenvalue weighted by atomic mass is 32.2. The van der Waals surface area contributed by atoms with Crippen LogP contribution in [0.5, 0.6) is 0 Å². The molecule has 8 nitrogen and oxygen atoms in total. The molecule has 0 saturated carbocycles. The monoisotopic (exact) mass is 538 g/mol. The van der Waals surface area contributed by atoms with Crippen LogP contribution in [0.25, 0.3) is 22.0 Å². The van der Waals surface area contributed by atoms with E-state index in [0.29, 0.717) is 29.1 Å². The molecule has 196 valence electrons. The van der Waals surface area contributed by atoms with E-state index in [2.05, 4.69) is 28.5 Å². The molecular weight excluding hydrogens is 512 g/mol. The summed E-state index contributed by atoms with van der Waals surface area (Å²) in [5, 5.41) is 31.5. The third-order valence-corrected chi connectivity index (χ3v) is 8.35. The second-order valence-corrected chi connectivity index (χ2v) is 10.7. The summed E-state index contributed by atoms with van der Waals surface area (Å²) in [5.41, 5.74) is 3.79. The van der Waals surface area contributed by atoms with Gasteiger partial charge >= 0.3 is 5.97 Å². The Morgan fingerprint density at radius 1 is 1.03 bits per heavy atom. The second kappa shape index (κ2) is 10.5. The topological polar surface area (TPSA) is 110 Å². The van der Waals surface area contributed by atoms with Crippen LogP contribution in [-0.4, -0.2) is 48.1 Å². The minimum atomic E-state index is -1.04. The molecule has 0 saturated heterocycles. The summed E-state index contributed by atoms with van der Waals surface area (Å²) in [5.74, 6) is -0.778. The van der Waals surface area contributed by atoms with E-state index >= 15 is 0 Å². The Kier molecular flexibility index (Phi) is 6.76. The van der Waals surface area contributed by atoms with Gasteiger partial charge in [0.25, 0.3) is 5.56 Å². The van der Waals surface area contributed by atoms with Crippen LogP contribution < -0.4 is 5.56 Å². The lowest BCUT2D eigenvalue weighted by molar-refractivity contribution is -0.140. The number of aromatic nitrogens is 4. The maximum atomic E-state index is 13.3. The van der Waals surface area contributed by atoms with E-state index in [1.807, 2.05) is 54.6 Å². The number of hydrogen-bond donors (Lipinski definition) is 2. The maximum Gasteiger partial charge on any atom is 0.327 e. The smallest absolute Gasteiger partial charge is 0.327 e. The number of rotatable bonds is 8. The van der Waals surface area contributed by atoms with Crippen LogP contribution in [0, 0.1) is 0 Å². The molecule has 5 aromatic rings. The lowest BCUT2D eigenvalue weighted by Crippen LogP contribution is -2.29. The van der Waals surface area contributed by atoms with E-state index in [9.17, 15) is 19.8 Å². The minimum absolute atomic E-state index is 0.122. The zero-order valence-corrected chi connectivity index (χ0v) is 21.8. The second-order valence-electron chi connectivity index (χ2n) is 9.65. The zero-order valence-electron chi connectivity index (χ0n) is 21.0. The average Bonchev–Trinajstić information content (AvgIpc) is 3.61. The number of carboxylic acid groups (broad SMARTS) is 1. The average molecular weight is 539 g/mol. The van der Waals surface area contributed by atoms with E-state index in [1.165, 1.54) is 22.4 Å². The van der Waals surface area contributed by atoms with Gasteiger partial charge in [0.1, 0.15) is 11.7 Å². The number of thioether (sulfide) groups is 1. The van der Waals surface area contributed by atoms with Gasteiger partial charge in [0.2, 0.25) is 0 Å². The van der Waals surface area contributed by atoms with E-state index in [0.717, 1.165) is 27.5 Å². The number of aliphatic hydroxyl groups excluding tert-OH is 1. The van der Waals surface area contributed by atoms with Crippen molar-refractivity contribution in [2.45, 2.75) is 30.0 Å². The molecule has 3 heterocycles. The lowest BCUT2D eigenvalue weighted by Gasteiger charge is -2.16. The van der Waals surface area contributed by atoms with Gasteiger partial charge in [-0.05, 0) is 40.3 Å². The van der Waals surface area contributed by atoms with E-state index in [-0.39, 0.29) is 24.0 Å². The first kappa shape index (κ1) is 25.1. The van der Waals surface area contributed by atoms with Gasteiger partial charge in [-0.25, -0.2) is 9.48 Å². The number of benzene rings is 3. The molecule has 2 aromatic heterocycles. The van der Waals surface area contributed by atoms with Crippen LogP contribution in [0.4, 0.5) is 0 Å². The molecule has 0 radical (unpaired) electrons. The Labute approximate surface area is 228 Å². The van der Waals surface area contributed by atoms with Crippen LogP contribution >= 0.6 is 11.8 Å². The van der Waals surface area contributed by atoms with Gasteiger partial charge in [-0.15, -0.1) is 16.9 Å². The summed E-state index contributed by atoms with van der Waals surface area (Å²) >= 11 is 1.35. The Hall–Kier alpha value is -4.21. The van der Waals surface area contributed by atoms with Crippen molar-refractivity contribution in [3.8, 4) is 11.3 Å². The first-order chi connectivity index (χ1) is 19.0. The lowest BCUT2D eigenvalue weighted by atomic mass is 9.95. The van der Waals surface area contributed by atoms with Gasteiger partial charge in [0.05, 0.1) is 23.9 Å². The number of pyridine rings is 1. The standard InChI is InChI=1S/C30H26N4O4S/c35-17-23(13-19-7-2-1-3-8-19)33-16-25(31-32-33)28-22(14-21-11-6-10-20-9-4-5-12-24(20)21)15-27(36)34-26(30(37)38)18-39-29(28)34/h1-12,15-16,23,26,35H,13-14,17-18H2,(H,37,38)/t23-,26-/m0/s1. The van der Waals surface area contributed by atoms with Crippen LogP contribution in [-0.2, 0) is 17.6 Å². The van der Waals surface area contributed by atoms with Crippen LogP contribution in [0.15, 0.2) is 94.9 Å². The molecular formula is C30H26N4O4S. The summed E-state index contributed by atoms with van der Waals surface area (Å²) in [7, 11) is 0. The van der Waals surface area contributed by atoms with E-state index in [1.54, 1.807) is 10.9 Å². The molecule has 39 heavy (non-hydrogen) atoms. The SMILES string of the molecule is O=C(O)[C@@H]1CSc2c(-c3cn([C@H](CO)Cc4ccccc4)nn3)c(Cc3cccc4ccccc34)cc(=O)n21. The largest absolute Gasteiger partial charge is 0.480 e. The number of nitrogens with zero attached hydrogens (tertiary/aromatic N) is 4. The Bertz CT molecular complexity index is 1730. The maximum absolute atomic E-state index is 13.3. The van der Waals surface area contributed by atoms with Gasteiger partial charge in [0.15, 0.2) is 0 Å². The molecule has 9 heteroatoms. The third-order valence-electron chi connectivity index (χ3n) is 7.19. The molecule has 2 atom stereocenters. The van der Waals surface area contributed by atoms with Crippen molar-refractivity contribution in [2.75, 3.05) is 12.4 Å². The molecule has 0 fully saturated rings. The first-order valence-electron chi connectivity index (χ1n) is 12.7. The predicted molar refractivity (Wildman–Crippen MR) is 150 cm³/mol. The van der Waals surface area contributed by atoms with E-state index in [4.69, 9.17) is 0 Å². The van der Waals surface area contributed by atoms with Gasteiger partial charge in [0, 0.05) is 17.4 Å². The van der Waals surface area contributed by atoms with Crippen LogP contribution in [0.3, 0.4) is 0 Å². The fraction of sp³-hybridized carbons (Fsp3) is 0.200. The summed E-state index contributed by atoms with van der Waals surface area (Å²) in [6.45, 7) is -0.122. The van der Waals surface area contributed by atoms with Crippen molar-refractivity contribution in [2.24, 2.45) is 0 Å². The molecule has 2 N–H and O–H groups in total. The van der Waals surface area contributed by atoms with Crippen LogP contribution in [0.1, 0.15) is 28.8 Å². The number of carbonyl (C=O) groups is 1. The zero-order chi connectivity index (χ0) is 26.9. The number of fused-ring (bicyclic) bond motifs is 2. The predicted octanol–water partition coefficient (Wildman–Crippen LogP) is 4.36. The highest BCUT2D eigenvalue weighted by Gasteiger charge is 2.34. The molecule has 3 aromatic carbocycles. The highest BCUT2D eigenvalue weighted by molar-refractivity contribution is 7.99. The van der Waals surface area contributed by atoms with Gasteiger partial charge in [-0.1, -0.05) is 78.0 Å². The van der Waals surface area contributed by atoms with Crippen molar-refractivity contribution >= 4 is 28.5 Å². The molecule has 0 bridgehead atoms. The van der Waals surface area contributed by atoms with Crippen molar-refractivity contribution in [3.63, 3.8) is 0 Å². The molecule has 0 spiro atoms. The quantitative estimate of drug-likeness (QED) is 0.302. The number of hydrogen-bond acceptors (Lipinski definition) is 6. The normalized spacial score (nSPS) is 15.4. The van der Waals surface area contributed by atoms with Gasteiger partial charge in [-0.3, -0.25) is 9.36 Å². The van der Waals surface area contributed by atoms with Crippen LogP contribution in [0.2, 0.25) is 0 Å². The Morgan fingerprint density at radius 3 is 2.59 bits per heavy atom. The molecule has 0 amide bonds. The van der Waals surface area contributed by atoms with Gasteiger partial charge in [-0.2, -0.15) is 0 Å². The molecule has 1 aliphatic heterocycles. The Morgan fingerprint density at radius 2 is 1.79 bits per heavy atom. The molecule has 0 unspecified atom stereocenters. The summed E-state index contributed by atoms with van der Waals surface area (Å²) in [6.07, 6.45) is 2.83. The van der Waals surface area contributed by atoms with Crippen molar-refractivity contribution < 1.29 is 15.0 Å². The summed E-state index contributed by atoms with van der Waals surface area (Å²) < 4.78 is 3.02. The van der Waals surface area contributed by atoms with Crippen molar-refractivity contribution in [1.82, 2.24) is 19.6 Å². The fourth-order valence-corrected chi connectivity index (χ4v) is 6.61. The summed E-state index contributed by atoms with van der Waals surface area (Å²) in [6, 6.07) is 24.3. The van der Waals surface area contributed by atoms with E-state index < -0.39 is 12.0 Å². The van der Waals surface area contributed by atoms with Gasteiger partial charge < -0.3 is 10.2 Å².